The molecule has 234 valence electrons. The van der Waals surface area contributed by atoms with Crippen LogP contribution >= 0.6 is 11.3 Å². The molecule has 0 radical (unpaired) electrons. The maximum Gasteiger partial charge on any atom is 0.0643 e. The Balaban J connectivity index is 1.15. The minimum Gasteiger partial charge on any atom is -0.332 e. The van der Waals surface area contributed by atoms with Crippen LogP contribution in [0.5, 0.6) is 0 Å². The third-order valence-corrected chi connectivity index (χ3v) is 12.2. The summed E-state index contributed by atoms with van der Waals surface area (Å²) in [5.74, 6) is 0.444. The second-order valence-electron chi connectivity index (χ2n) is 14.3. The summed E-state index contributed by atoms with van der Waals surface area (Å²) >= 11 is 1.88. The number of hydrogen-bond donors (Lipinski definition) is 0. The van der Waals surface area contributed by atoms with Gasteiger partial charge in [-0.3, -0.25) is 0 Å². The van der Waals surface area contributed by atoms with Gasteiger partial charge in [0.05, 0.1) is 5.54 Å². The largest absolute Gasteiger partial charge is 0.332 e. The molecular weight excluding hydrogens is 599 g/mol. The van der Waals surface area contributed by atoms with E-state index in [0.29, 0.717) is 5.92 Å². The maximum atomic E-state index is 2.62. The van der Waals surface area contributed by atoms with Crippen molar-refractivity contribution >= 4 is 42.8 Å². The first-order valence-corrected chi connectivity index (χ1v) is 18.0. The van der Waals surface area contributed by atoms with Crippen LogP contribution in [-0.2, 0) is 5.41 Å². The minimum absolute atomic E-state index is 0.00328. The van der Waals surface area contributed by atoms with Crippen molar-refractivity contribution in [3.8, 4) is 11.1 Å². The Morgan fingerprint density at radius 1 is 0.667 bits per heavy atom. The first-order chi connectivity index (χ1) is 23.4. The second kappa shape index (κ2) is 11.1. The van der Waals surface area contributed by atoms with Crippen molar-refractivity contribution in [2.45, 2.75) is 50.5 Å². The van der Waals surface area contributed by atoms with Gasteiger partial charge in [-0.15, -0.1) is 11.3 Å². The number of thiophene rings is 1. The van der Waals surface area contributed by atoms with Crippen molar-refractivity contribution in [2.75, 3.05) is 4.90 Å². The van der Waals surface area contributed by atoms with Gasteiger partial charge in [0.2, 0.25) is 0 Å². The molecule has 0 amide bonds. The fourth-order valence-corrected chi connectivity index (χ4v) is 9.56. The molecule has 2 atom stereocenters. The van der Waals surface area contributed by atoms with Crippen LogP contribution in [0.4, 0.5) is 5.69 Å². The van der Waals surface area contributed by atoms with Crippen molar-refractivity contribution in [1.29, 1.82) is 0 Å². The summed E-state index contributed by atoms with van der Waals surface area (Å²) in [6.07, 6.45) is 14.2. The van der Waals surface area contributed by atoms with Gasteiger partial charge >= 0.3 is 0 Å². The molecule has 0 saturated carbocycles. The topological polar surface area (TPSA) is 3.24 Å². The molecule has 2 heteroatoms. The fraction of sp³-hybridized carbons (Fsp3) is 0.174. The van der Waals surface area contributed by atoms with E-state index in [1.54, 1.807) is 0 Å². The van der Waals surface area contributed by atoms with Crippen LogP contribution in [0, 0.1) is 0 Å². The summed E-state index contributed by atoms with van der Waals surface area (Å²) in [5.41, 5.74) is 11.8. The van der Waals surface area contributed by atoms with Crippen LogP contribution in [0.15, 0.2) is 163 Å². The Labute approximate surface area is 287 Å². The van der Waals surface area contributed by atoms with Gasteiger partial charge in [-0.2, -0.15) is 0 Å². The molecule has 0 bridgehead atoms. The third-order valence-electron chi connectivity index (χ3n) is 11.0. The number of benzene rings is 5. The lowest BCUT2D eigenvalue weighted by molar-refractivity contribution is 0.548. The van der Waals surface area contributed by atoms with E-state index >= 15 is 0 Å². The Kier molecular flexibility index (Phi) is 6.74. The van der Waals surface area contributed by atoms with Gasteiger partial charge < -0.3 is 4.90 Å². The standard InChI is InChI=1S/C46H39NS/c1-45(2)41-18-9-7-16-37(41)38-22-21-36(30-42(38)45)47(46(3)26-24-32(25-27-46)31-12-5-4-6-13-31)35-15-11-14-33(28-35)34-20-23-44-40(29-34)39-17-8-10-19-43(39)48-44/h4-21,23-26,28-30,38H,22,27H2,1-3H3/t38?,46-/m1/s1. The molecule has 0 aliphatic heterocycles. The molecule has 3 aliphatic rings. The summed E-state index contributed by atoms with van der Waals surface area (Å²) in [7, 11) is 0. The Morgan fingerprint density at radius 3 is 2.27 bits per heavy atom. The normalized spacial score (nSPS) is 21.0. The summed E-state index contributed by atoms with van der Waals surface area (Å²) in [5, 5.41) is 2.68. The van der Waals surface area contributed by atoms with E-state index in [2.05, 4.69) is 177 Å². The van der Waals surface area contributed by atoms with Crippen LogP contribution in [0.25, 0.3) is 36.9 Å². The molecular formula is C46H39NS. The van der Waals surface area contributed by atoms with Crippen molar-refractivity contribution in [3.63, 3.8) is 0 Å². The molecule has 9 rings (SSSR count). The molecule has 1 unspecified atom stereocenters. The first-order valence-electron chi connectivity index (χ1n) is 17.2. The predicted octanol–water partition coefficient (Wildman–Crippen LogP) is 12.6. The molecule has 0 saturated heterocycles. The van der Waals surface area contributed by atoms with Gasteiger partial charge in [0.1, 0.15) is 0 Å². The third kappa shape index (κ3) is 4.65. The maximum absolute atomic E-state index is 2.62. The van der Waals surface area contributed by atoms with E-state index < -0.39 is 0 Å². The summed E-state index contributed by atoms with van der Waals surface area (Å²) in [6, 6.07) is 44.8. The number of rotatable bonds is 5. The predicted molar refractivity (Wildman–Crippen MR) is 207 cm³/mol. The zero-order valence-corrected chi connectivity index (χ0v) is 28.6. The molecule has 1 heterocycles. The van der Waals surface area contributed by atoms with E-state index in [-0.39, 0.29) is 11.0 Å². The Hall–Kier alpha value is -4.92. The van der Waals surface area contributed by atoms with E-state index in [1.807, 2.05) is 11.3 Å². The summed E-state index contributed by atoms with van der Waals surface area (Å²) in [4.78, 5) is 2.62. The van der Waals surface area contributed by atoms with Crippen molar-refractivity contribution in [2.24, 2.45) is 0 Å². The SMILES string of the molecule is CC1(C)C2=CC(N(c3cccc(-c4ccc5sc6ccccc6c5c4)c3)[C@]3(C)C=CC(c4ccccc4)=CC3)=CCC2c2ccccc21. The minimum atomic E-state index is -0.240. The lowest BCUT2D eigenvalue weighted by Crippen LogP contribution is -2.45. The average Bonchev–Trinajstić information content (AvgIpc) is 3.61. The lowest BCUT2D eigenvalue weighted by atomic mass is 9.77. The highest BCUT2D eigenvalue weighted by Crippen LogP contribution is 2.54. The Morgan fingerprint density at radius 2 is 1.42 bits per heavy atom. The molecule has 0 fully saturated rings. The quantitative estimate of drug-likeness (QED) is 0.182. The molecule has 0 spiro atoms. The molecule has 48 heavy (non-hydrogen) atoms. The van der Waals surface area contributed by atoms with Crippen molar-refractivity contribution in [1.82, 2.24) is 0 Å². The van der Waals surface area contributed by atoms with Crippen molar-refractivity contribution in [3.05, 3.63) is 180 Å². The highest BCUT2D eigenvalue weighted by atomic mass is 32.1. The van der Waals surface area contributed by atoms with Crippen LogP contribution in [-0.4, -0.2) is 5.54 Å². The fourth-order valence-electron chi connectivity index (χ4n) is 8.48. The number of fused-ring (bicyclic) bond motifs is 6. The number of allylic oxidation sites excluding steroid dienone is 5. The Bertz CT molecular complexity index is 2350. The van der Waals surface area contributed by atoms with E-state index in [1.165, 1.54) is 70.5 Å². The molecule has 3 aliphatic carbocycles. The molecule has 1 nitrogen and oxygen atoms in total. The van der Waals surface area contributed by atoms with Gasteiger partial charge in [-0.05, 0) is 89.6 Å². The number of nitrogens with zero attached hydrogens (tertiary/aromatic N) is 1. The van der Waals surface area contributed by atoms with Crippen LogP contribution in [0.2, 0.25) is 0 Å². The smallest absolute Gasteiger partial charge is 0.0643 e. The molecule has 1 aromatic heterocycles. The van der Waals surface area contributed by atoms with Gasteiger partial charge in [-0.25, -0.2) is 0 Å². The lowest BCUT2D eigenvalue weighted by Gasteiger charge is -2.44. The van der Waals surface area contributed by atoms with E-state index in [0.717, 1.165) is 12.8 Å². The number of anilines is 1. The van der Waals surface area contributed by atoms with Gasteiger partial charge in [0.25, 0.3) is 0 Å². The molecule has 0 N–H and O–H groups in total. The van der Waals surface area contributed by atoms with Crippen molar-refractivity contribution < 1.29 is 0 Å². The zero-order valence-electron chi connectivity index (χ0n) is 27.8. The zero-order chi connectivity index (χ0) is 32.5. The van der Waals surface area contributed by atoms with E-state index in [4.69, 9.17) is 0 Å². The summed E-state index contributed by atoms with van der Waals surface area (Å²) < 4.78 is 2.68. The number of hydrogen-bond acceptors (Lipinski definition) is 2. The second-order valence-corrected chi connectivity index (χ2v) is 15.4. The van der Waals surface area contributed by atoms with Crippen LogP contribution in [0.1, 0.15) is 56.2 Å². The van der Waals surface area contributed by atoms with E-state index in [9.17, 15) is 0 Å². The van der Waals surface area contributed by atoms with Crippen LogP contribution < -0.4 is 4.90 Å². The highest BCUT2D eigenvalue weighted by molar-refractivity contribution is 7.25. The highest BCUT2D eigenvalue weighted by Gasteiger charge is 2.43. The summed E-state index contributed by atoms with van der Waals surface area (Å²) in [6.45, 7) is 7.22. The van der Waals surface area contributed by atoms with Gasteiger partial charge in [0.15, 0.2) is 0 Å². The van der Waals surface area contributed by atoms with Gasteiger partial charge in [0, 0.05) is 42.9 Å². The first kappa shape index (κ1) is 29.2. The molecule has 5 aromatic carbocycles. The monoisotopic (exact) mass is 637 g/mol. The average molecular weight is 638 g/mol. The van der Waals surface area contributed by atoms with Gasteiger partial charge in [-0.1, -0.05) is 135 Å². The molecule has 6 aromatic rings. The van der Waals surface area contributed by atoms with Crippen LogP contribution in [0.3, 0.4) is 0 Å².